The second kappa shape index (κ2) is 6.57. The first-order chi connectivity index (χ1) is 8.56. The fourth-order valence-electron chi connectivity index (χ4n) is 2.71. The Morgan fingerprint density at radius 2 is 1.61 bits per heavy atom. The molecule has 0 unspecified atom stereocenters. The number of hydrogen-bond acceptors (Lipinski definition) is 4. The number of hydrogen-bond donors (Lipinski definition) is 0. The molecule has 4 nitrogen and oxygen atoms in total. The van der Waals surface area contributed by atoms with E-state index in [4.69, 9.17) is 9.47 Å². The zero-order chi connectivity index (χ0) is 13.7. The van der Waals surface area contributed by atoms with Crippen LogP contribution in [-0.2, 0) is 19.1 Å². The first-order valence-corrected chi connectivity index (χ1v) is 6.40. The van der Waals surface area contributed by atoms with E-state index in [1.165, 1.54) is 14.2 Å². The third kappa shape index (κ3) is 2.92. The maximum Gasteiger partial charge on any atom is 0.310 e. The van der Waals surface area contributed by atoms with E-state index in [2.05, 4.69) is 6.92 Å². The molecular formula is C14H22O4. The predicted octanol–water partition coefficient (Wildman–Crippen LogP) is 2.19. The number of ether oxygens (including phenoxy) is 2. The van der Waals surface area contributed by atoms with Gasteiger partial charge in [0.2, 0.25) is 0 Å². The van der Waals surface area contributed by atoms with E-state index in [0.29, 0.717) is 0 Å². The van der Waals surface area contributed by atoms with Crippen LogP contribution in [0.4, 0.5) is 0 Å². The zero-order valence-electron chi connectivity index (χ0n) is 11.5. The van der Waals surface area contributed by atoms with E-state index in [0.717, 1.165) is 12.8 Å². The monoisotopic (exact) mass is 254 g/mol. The van der Waals surface area contributed by atoms with Crippen molar-refractivity contribution in [2.45, 2.75) is 26.7 Å². The molecule has 0 bridgehead atoms. The molecule has 0 saturated carbocycles. The van der Waals surface area contributed by atoms with Gasteiger partial charge in [0.15, 0.2) is 0 Å². The van der Waals surface area contributed by atoms with Crippen LogP contribution in [0.3, 0.4) is 0 Å². The van der Waals surface area contributed by atoms with Crippen molar-refractivity contribution in [2.24, 2.45) is 23.7 Å². The molecule has 4 heteroatoms. The van der Waals surface area contributed by atoms with Gasteiger partial charge in [-0.3, -0.25) is 9.59 Å². The number of allylic oxidation sites excluding steroid dienone is 2. The maximum absolute atomic E-state index is 12.0. The SMILES string of the molecule is CCC[C@@H]1C=C[C@H](C)[C@H](C(=O)OC)[C@H]1C(=O)OC. The standard InChI is InChI=1S/C14H22O4/c1-5-6-10-8-7-9(2)11(13(15)17-3)12(10)14(16)18-4/h7-12H,5-6H2,1-4H3/t9-,10+,11-,12-/m0/s1. The van der Waals surface area contributed by atoms with Gasteiger partial charge in [-0.15, -0.1) is 0 Å². The summed E-state index contributed by atoms with van der Waals surface area (Å²) in [4.78, 5) is 23.9. The fourth-order valence-corrected chi connectivity index (χ4v) is 2.71. The Morgan fingerprint density at radius 3 is 2.11 bits per heavy atom. The highest BCUT2D eigenvalue weighted by molar-refractivity contribution is 5.83. The number of rotatable bonds is 4. The lowest BCUT2D eigenvalue weighted by molar-refractivity contribution is -0.161. The molecule has 0 aromatic carbocycles. The average molecular weight is 254 g/mol. The van der Waals surface area contributed by atoms with Crippen molar-refractivity contribution in [3.63, 3.8) is 0 Å². The van der Waals surface area contributed by atoms with Crippen LogP contribution in [0.2, 0.25) is 0 Å². The first-order valence-electron chi connectivity index (χ1n) is 6.40. The maximum atomic E-state index is 12.0. The van der Waals surface area contributed by atoms with Gasteiger partial charge < -0.3 is 9.47 Å². The highest BCUT2D eigenvalue weighted by Gasteiger charge is 2.44. The van der Waals surface area contributed by atoms with Gasteiger partial charge in [-0.2, -0.15) is 0 Å². The van der Waals surface area contributed by atoms with Crippen molar-refractivity contribution < 1.29 is 19.1 Å². The van der Waals surface area contributed by atoms with Crippen LogP contribution in [0.5, 0.6) is 0 Å². The van der Waals surface area contributed by atoms with Crippen molar-refractivity contribution >= 4 is 11.9 Å². The van der Waals surface area contributed by atoms with Crippen molar-refractivity contribution in [2.75, 3.05) is 14.2 Å². The molecule has 0 heterocycles. The van der Waals surface area contributed by atoms with E-state index >= 15 is 0 Å². The van der Waals surface area contributed by atoms with Crippen LogP contribution in [0.15, 0.2) is 12.2 Å². The van der Waals surface area contributed by atoms with Crippen molar-refractivity contribution in [1.82, 2.24) is 0 Å². The molecular weight excluding hydrogens is 232 g/mol. The summed E-state index contributed by atoms with van der Waals surface area (Å²) in [5.41, 5.74) is 0. The lowest BCUT2D eigenvalue weighted by atomic mass is 9.69. The largest absolute Gasteiger partial charge is 0.469 e. The highest BCUT2D eigenvalue weighted by atomic mass is 16.5. The van der Waals surface area contributed by atoms with Crippen molar-refractivity contribution in [1.29, 1.82) is 0 Å². The van der Waals surface area contributed by atoms with E-state index in [-0.39, 0.29) is 23.8 Å². The van der Waals surface area contributed by atoms with Crippen LogP contribution in [0.25, 0.3) is 0 Å². The topological polar surface area (TPSA) is 52.6 Å². The Kier molecular flexibility index (Phi) is 5.38. The molecule has 0 amide bonds. The minimum Gasteiger partial charge on any atom is -0.469 e. The molecule has 0 aromatic rings. The summed E-state index contributed by atoms with van der Waals surface area (Å²) < 4.78 is 9.69. The summed E-state index contributed by atoms with van der Waals surface area (Å²) in [7, 11) is 2.72. The molecule has 0 saturated heterocycles. The van der Waals surface area contributed by atoms with Gasteiger partial charge in [0.05, 0.1) is 26.1 Å². The summed E-state index contributed by atoms with van der Waals surface area (Å²) in [5, 5.41) is 0. The molecule has 0 fully saturated rings. The number of carbonyl (C=O) groups excluding carboxylic acids is 2. The quantitative estimate of drug-likeness (QED) is 0.570. The summed E-state index contributed by atoms with van der Waals surface area (Å²) in [5.74, 6) is -1.47. The second-order valence-electron chi connectivity index (χ2n) is 4.79. The Labute approximate surface area is 108 Å². The Bertz CT molecular complexity index is 335. The van der Waals surface area contributed by atoms with Crippen LogP contribution in [0.1, 0.15) is 26.7 Å². The summed E-state index contributed by atoms with van der Waals surface area (Å²) >= 11 is 0. The number of carbonyl (C=O) groups is 2. The molecule has 0 radical (unpaired) electrons. The zero-order valence-corrected chi connectivity index (χ0v) is 11.5. The van der Waals surface area contributed by atoms with Crippen LogP contribution >= 0.6 is 0 Å². The van der Waals surface area contributed by atoms with Crippen molar-refractivity contribution in [3.8, 4) is 0 Å². The van der Waals surface area contributed by atoms with Gasteiger partial charge in [-0.1, -0.05) is 32.4 Å². The lowest BCUT2D eigenvalue weighted by Gasteiger charge is -2.34. The highest BCUT2D eigenvalue weighted by Crippen LogP contribution is 2.38. The second-order valence-corrected chi connectivity index (χ2v) is 4.79. The number of methoxy groups -OCH3 is 2. The molecule has 0 aromatic heterocycles. The van der Waals surface area contributed by atoms with Gasteiger partial charge in [-0.25, -0.2) is 0 Å². The molecule has 4 atom stereocenters. The molecule has 1 aliphatic rings. The van der Waals surface area contributed by atoms with Gasteiger partial charge in [0, 0.05) is 0 Å². The minimum atomic E-state index is -0.441. The molecule has 0 spiro atoms. The molecule has 1 rings (SSSR count). The molecule has 0 aliphatic heterocycles. The normalized spacial score (nSPS) is 30.9. The van der Waals surface area contributed by atoms with E-state index < -0.39 is 11.8 Å². The number of esters is 2. The molecule has 1 aliphatic carbocycles. The third-order valence-corrected chi connectivity index (χ3v) is 3.65. The molecule has 0 N–H and O–H groups in total. The Balaban J connectivity index is 3.06. The van der Waals surface area contributed by atoms with E-state index in [1.54, 1.807) is 0 Å². The van der Waals surface area contributed by atoms with Gasteiger partial charge >= 0.3 is 11.9 Å². The van der Waals surface area contributed by atoms with E-state index in [9.17, 15) is 9.59 Å². The first kappa shape index (κ1) is 14.7. The van der Waals surface area contributed by atoms with Gasteiger partial charge in [0.25, 0.3) is 0 Å². The molecule has 102 valence electrons. The van der Waals surface area contributed by atoms with Crippen LogP contribution < -0.4 is 0 Å². The summed E-state index contributed by atoms with van der Waals surface area (Å²) in [6.07, 6.45) is 5.87. The Morgan fingerprint density at radius 1 is 1.06 bits per heavy atom. The summed E-state index contributed by atoms with van der Waals surface area (Å²) in [6.45, 7) is 3.99. The van der Waals surface area contributed by atoms with Crippen LogP contribution in [0, 0.1) is 23.7 Å². The minimum absolute atomic E-state index is 0.00495. The average Bonchev–Trinajstić information content (AvgIpc) is 2.38. The molecule has 18 heavy (non-hydrogen) atoms. The Hall–Kier alpha value is -1.32. The predicted molar refractivity (Wildman–Crippen MR) is 67.7 cm³/mol. The van der Waals surface area contributed by atoms with Crippen molar-refractivity contribution in [3.05, 3.63) is 12.2 Å². The van der Waals surface area contributed by atoms with Gasteiger partial charge in [0.1, 0.15) is 0 Å². The third-order valence-electron chi connectivity index (χ3n) is 3.65. The lowest BCUT2D eigenvalue weighted by Crippen LogP contribution is -2.41. The summed E-state index contributed by atoms with van der Waals surface area (Å²) in [6, 6.07) is 0. The van der Waals surface area contributed by atoms with Gasteiger partial charge in [-0.05, 0) is 18.3 Å². The van der Waals surface area contributed by atoms with E-state index in [1.807, 2.05) is 19.1 Å². The smallest absolute Gasteiger partial charge is 0.310 e. The van der Waals surface area contributed by atoms with Crippen LogP contribution in [-0.4, -0.2) is 26.2 Å². The fraction of sp³-hybridized carbons (Fsp3) is 0.714.